The Bertz CT molecular complexity index is 485. The maximum Gasteiger partial charge on any atom is 0.223 e. The third kappa shape index (κ3) is 2.64. The first-order valence-electron chi connectivity index (χ1n) is 5.91. The van der Waals surface area contributed by atoms with E-state index in [1.54, 1.807) is 0 Å². The number of nitrogens with one attached hydrogen (secondary N) is 1. The average molecular weight is 231 g/mol. The molecule has 1 N–H and O–H groups in total. The summed E-state index contributed by atoms with van der Waals surface area (Å²) in [5.74, 6) is 0.150. The van der Waals surface area contributed by atoms with Gasteiger partial charge in [0.15, 0.2) is 0 Å². The first-order chi connectivity index (χ1) is 8.20. The zero-order valence-corrected chi connectivity index (χ0v) is 10.2. The number of aromatic nitrogens is 2. The van der Waals surface area contributed by atoms with E-state index >= 15 is 0 Å². The number of hydrogen-bond acceptors (Lipinski definition) is 2. The Morgan fingerprint density at radius 1 is 1.53 bits per heavy atom. The van der Waals surface area contributed by atoms with Gasteiger partial charge in [0.2, 0.25) is 5.91 Å². The molecule has 0 saturated heterocycles. The summed E-state index contributed by atoms with van der Waals surface area (Å²) in [6.07, 6.45) is 4.74. The van der Waals surface area contributed by atoms with Crippen molar-refractivity contribution in [1.29, 1.82) is 0 Å². The van der Waals surface area contributed by atoms with Crippen LogP contribution in [0.2, 0.25) is 0 Å². The Hall–Kier alpha value is -1.84. The summed E-state index contributed by atoms with van der Waals surface area (Å²) in [6, 6.07) is 5.85. The van der Waals surface area contributed by atoms with Crippen molar-refractivity contribution in [3.05, 3.63) is 36.3 Å². The molecule has 0 radical (unpaired) electrons. The van der Waals surface area contributed by atoms with E-state index < -0.39 is 0 Å². The van der Waals surface area contributed by atoms with E-state index in [9.17, 15) is 4.79 Å². The smallest absolute Gasteiger partial charge is 0.223 e. The minimum Gasteiger partial charge on any atom is -0.350 e. The summed E-state index contributed by atoms with van der Waals surface area (Å²) in [5.41, 5.74) is 1.79. The maximum atomic E-state index is 11.6. The fraction of sp³-hybridized carbons (Fsp3) is 0.385. The van der Waals surface area contributed by atoms with Gasteiger partial charge in [0.05, 0.1) is 12.2 Å². The Balaban J connectivity index is 2.02. The van der Waals surface area contributed by atoms with Gasteiger partial charge < -0.3 is 9.72 Å². The molecule has 0 spiro atoms. The standard InChI is InChI=1S/C13H17N3O/c1-3-10(2)13(17)14-8-11-9-16-7-5-4-6-12(16)15-11/h4-7,9-10H,3,8H2,1-2H3,(H,14,17). The SMILES string of the molecule is CCC(C)C(=O)NCc1cn2ccccc2n1. The molecule has 0 aliphatic rings. The van der Waals surface area contributed by atoms with Crippen LogP contribution in [0.5, 0.6) is 0 Å². The van der Waals surface area contributed by atoms with Gasteiger partial charge in [-0.15, -0.1) is 0 Å². The minimum absolute atomic E-state index is 0.0621. The highest BCUT2D eigenvalue weighted by molar-refractivity contribution is 5.78. The summed E-state index contributed by atoms with van der Waals surface area (Å²) in [7, 11) is 0. The lowest BCUT2D eigenvalue weighted by atomic mass is 10.1. The second-order valence-corrected chi connectivity index (χ2v) is 4.23. The van der Waals surface area contributed by atoms with Crippen molar-refractivity contribution < 1.29 is 4.79 Å². The summed E-state index contributed by atoms with van der Waals surface area (Å²) in [4.78, 5) is 16.0. The van der Waals surface area contributed by atoms with Crippen molar-refractivity contribution in [2.45, 2.75) is 26.8 Å². The van der Waals surface area contributed by atoms with Crippen molar-refractivity contribution in [3.8, 4) is 0 Å². The number of fused-ring (bicyclic) bond motifs is 1. The lowest BCUT2D eigenvalue weighted by Crippen LogP contribution is -2.28. The largest absolute Gasteiger partial charge is 0.350 e. The van der Waals surface area contributed by atoms with E-state index in [4.69, 9.17) is 0 Å². The Morgan fingerprint density at radius 2 is 2.35 bits per heavy atom. The van der Waals surface area contributed by atoms with Crippen LogP contribution >= 0.6 is 0 Å². The maximum absolute atomic E-state index is 11.6. The number of carbonyl (C=O) groups excluding carboxylic acids is 1. The predicted octanol–water partition coefficient (Wildman–Crippen LogP) is 2.00. The molecule has 0 aromatic carbocycles. The van der Waals surface area contributed by atoms with Crippen LogP contribution in [-0.2, 0) is 11.3 Å². The van der Waals surface area contributed by atoms with Gasteiger partial charge in [-0.2, -0.15) is 0 Å². The predicted molar refractivity (Wildman–Crippen MR) is 66.5 cm³/mol. The molecule has 1 unspecified atom stereocenters. The Labute approximate surface area is 101 Å². The second-order valence-electron chi connectivity index (χ2n) is 4.23. The number of nitrogens with zero attached hydrogens (tertiary/aromatic N) is 2. The number of amides is 1. The van der Waals surface area contributed by atoms with Crippen molar-refractivity contribution in [3.63, 3.8) is 0 Å². The fourth-order valence-electron chi connectivity index (χ4n) is 1.61. The number of pyridine rings is 1. The molecule has 1 atom stereocenters. The van der Waals surface area contributed by atoms with Gasteiger partial charge in [-0.3, -0.25) is 4.79 Å². The molecular weight excluding hydrogens is 214 g/mol. The van der Waals surface area contributed by atoms with Crippen LogP contribution in [0.25, 0.3) is 5.65 Å². The van der Waals surface area contributed by atoms with Crippen LogP contribution in [0.4, 0.5) is 0 Å². The van der Waals surface area contributed by atoms with E-state index in [1.165, 1.54) is 0 Å². The van der Waals surface area contributed by atoms with Crippen LogP contribution < -0.4 is 5.32 Å². The number of rotatable bonds is 4. The molecule has 0 aliphatic heterocycles. The highest BCUT2D eigenvalue weighted by atomic mass is 16.1. The molecule has 2 aromatic heterocycles. The van der Waals surface area contributed by atoms with Gasteiger partial charge in [-0.25, -0.2) is 4.98 Å². The number of hydrogen-bond donors (Lipinski definition) is 1. The molecule has 2 heterocycles. The highest BCUT2D eigenvalue weighted by Crippen LogP contribution is 2.05. The lowest BCUT2D eigenvalue weighted by Gasteiger charge is -2.08. The van der Waals surface area contributed by atoms with Crippen LogP contribution in [0, 0.1) is 5.92 Å². The molecule has 17 heavy (non-hydrogen) atoms. The van der Waals surface area contributed by atoms with Gasteiger partial charge in [-0.05, 0) is 18.6 Å². The van der Waals surface area contributed by atoms with Gasteiger partial charge in [0.1, 0.15) is 5.65 Å². The summed E-state index contributed by atoms with van der Waals surface area (Å²) < 4.78 is 1.95. The van der Waals surface area contributed by atoms with Crippen molar-refractivity contribution in [2.24, 2.45) is 5.92 Å². The van der Waals surface area contributed by atoms with Crippen molar-refractivity contribution >= 4 is 11.6 Å². The molecule has 0 saturated carbocycles. The zero-order chi connectivity index (χ0) is 12.3. The third-order valence-corrected chi connectivity index (χ3v) is 2.92. The summed E-state index contributed by atoms with van der Waals surface area (Å²) in [6.45, 7) is 4.43. The molecule has 90 valence electrons. The van der Waals surface area contributed by atoms with E-state index in [0.717, 1.165) is 17.8 Å². The quantitative estimate of drug-likeness (QED) is 0.874. The third-order valence-electron chi connectivity index (χ3n) is 2.92. The molecule has 0 fully saturated rings. The molecule has 2 rings (SSSR count). The molecule has 1 amide bonds. The van der Waals surface area contributed by atoms with Crippen LogP contribution in [0.3, 0.4) is 0 Å². The van der Waals surface area contributed by atoms with E-state index in [2.05, 4.69) is 10.3 Å². The molecule has 4 nitrogen and oxygen atoms in total. The monoisotopic (exact) mass is 231 g/mol. The second kappa shape index (κ2) is 4.99. The van der Waals surface area contributed by atoms with Gasteiger partial charge >= 0.3 is 0 Å². The van der Waals surface area contributed by atoms with Crippen LogP contribution in [0.1, 0.15) is 26.0 Å². The van der Waals surface area contributed by atoms with Crippen molar-refractivity contribution in [1.82, 2.24) is 14.7 Å². The molecule has 2 aromatic rings. The topological polar surface area (TPSA) is 46.4 Å². The fourth-order valence-corrected chi connectivity index (χ4v) is 1.61. The minimum atomic E-state index is 0.0621. The molecule has 4 heteroatoms. The molecular formula is C13H17N3O. The average Bonchev–Trinajstić information content (AvgIpc) is 2.77. The summed E-state index contributed by atoms with van der Waals surface area (Å²) in [5, 5.41) is 2.90. The Morgan fingerprint density at radius 3 is 3.06 bits per heavy atom. The number of imidazole rings is 1. The van der Waals surface area contributed by atoms with Crippen LogP contribution in [-0.4, -0.2) is 15.3 Å². The molecule has 0 bridgehead atoms. The Kier molecular flexibility index (Phi) is 3.42. The normalized spacial score (nSPS) is 12.6. The van der Waals surface area contributed by atoms with Gasteiger partial charge in [-0.1, -0.05) is 19.9 Å². The highest BCUT2D eigenvalue weighted by Gasteiger charge is 2.10. The van der Waals surface area contributed by atoms with Crippen molar-refractivity contribution in [2.75, 3.05) is 0 Å². The molecule has 0 aliphatic carbocycles. The van der Waals surface area contributed by atoms with Gasteiger partial charge in [0, 0.05) is 18.3 Å². The van der Waals surface area contributed by atoms with E-state index in [-0.39, 0.29) is 11.8 Å². The summed E-state index contributed by atoms with van der Waals surface area (Å²) >= 11 is 0. The first kappa shape index (κ1) is 11.6. The first-order valence-corrected chi connectivity index (χ1v) is 5.91. The van der Waals surface area contributed by atoms with E-state index in [1.807, 2.05) is 48.8 Å². The van der Waals surface area contributed by atoms with E-state index in [0.29, 0.717) is 6.54 Å². The zero-order valence-electron chi connectivity index (χ0n) is 10.2. The van der Waals surface area contributed by atoms with Gasteiger partial charge in [0.25, 0.3) is 0 Å². The number of carbonyl (C=O) groups is 1. The van der Waals surface area contributed by atoms with Crippen LogP contribution in [0.15, 0.2) is 30.6 Å². The lowest BCUT2D eigenvalue weighted by molar-refractivity contribution is -0.124.